The number of alkyl halides is 3. The van der Waals surface area contributed by atoms with Crippen molar-refractivity contribution in [3.05, 3.63) is 16.2 Å². The van der Waals surface area contributed by atoms with Crippen molar-refractivity contribution in [2.45, 2.75) is 51.4 Å². The smallest absolute Gasteiger partial charge is 0.380 e. The molecule has 0 saturated carbocycles. The quantitative estimate of drug-likeness (QED) is 0.742. The Morgan fingerprint density at radius 1 is 1.23 bits per heavy atom. The molecule has 2 aromatic heterocycles. The van der Waals surface area contributed by atoms with Crippen molar-refractivity contribution >= 4 is 46.2 Å². The molecule has 0 bridgehead atoms. The molecule has 0 aliphatic rings. The molecule has 2 rings (SSSR count). The molecule has 1 unspecified atom stereocenters. The van der Waals surface area contributed by atoms with Gasteiger partial charge >= 0.3 is 6.18 Å². The van der Waals surface area contributed by atoms with Crippen molar-refractivity contribution in [1.82, 2.24) is 14.5 Å². The van der Waals surface area contributed by atoms with E-state index in [4.69, 9.17) is 23.2 Å². The highest BCUT2D eigenvalue weighted by Crippen LogP contribution is 2.34. The maximum absolute atomic E-state index is 12.8. The van der Waals surface area contributed by atoms with Gasteiger partial charge in [0.2, 0.25) is 11.9 Å². The van der Waals surface area contributed by atoms with Crippen LogP contribution in [0.5, 0.6) is 0 Å². The Hall–Kier alpha value is -1.58. The number of hydrogen-bond acceptors (Lipinski definition) is 4. The summed E-state index contributed by atoms with van der Waals surface area (Å²) in [6, 6.07) is 1.44. The molecule has 2 heterocycles. The second-order valence-corrected chi connectivity index (χ2v) is 7.81. The maximum atomic E-state index is 12.8. The summed E-state index contributed by atoms with van der Waals surface area (Å²) >= 11 is 11.8. The number of carbonyl (C=O) groups excluding carboxylic acids is 1. The number of anilines is 1. The lowest BCUT2D eigenvalue weighted by atomic mass is 10.0. The van der Waals surface area contributed by atoms with E-state index in [-0.39, 0.29) is 16.1 Å². The van der Waals surface area contributed by atoms with Crippen LogP contribution < -0.4 is 5.32 Å². The fraction of sp³-hybridized carbons (Fsp3) is 0.533. The summed E-state index contributed by atoms with van der Waals surface area (Å²) in [7, 11) is 0. The lowest BCUT2D eigenvalue weighted by molar-refractivity contribution is -0.253. The molecule has 0 aromatic carbocycles. The summed E-state index contributed by atoms with van der Waals surface area (Å²) in [5, 5.41) is 12.0. The van der Waals surface area contributed by atoms with Gasteiger partial charge < -0.3 is 5.11 Å². The van der Waals surface area contributed by atoms with Gasteiger partial charge in [-0.15, -0.1) is 0 Å². The van der Waals surface area contributed by atoms with Gasteiger partial charge in [0, 0.05) is 5.54 Å². The van der Waals surface area contributed by atoms with Crippen LogP contribution in [0.2, 0.25) is 10.2 Å². The average molecular weight is 413 g/mol. The number of aliphatic hydroxyl groups is 1. The molecule has 0 aliphatic carbocycles. The summed E-state index contributed by atoms with van der Waals surface area (Å²) in [5.41, 5.74) is -3.17. The number of halogens is 5. The number of nitrogens with zero attached hydrogens (tertiary/aromatic N) is 3. The Morgan fingerprint density at radius 2 is 1.81 bits per heavy atom. The Balaban J connectivity index is 2.45. The highest BCUT2D eigenvalue weighted by atomic mass is 35.5. The number of hydrogen-bond donors (Lipinski definition) is 2. The van der Waals surface area contributed by atoms with E-state index in [0.29, 0.717) is 18.1 Å². The number of amides is 1. The summed E-state index contributed by atoms with van der Waals surface area (Å²) in [4.78, 5) is 20.4. The lowest BCUT2D eigenvalue weighted by Gasteiger charge is -2.26. The standard InChI is InChI=1S/C15H17Cl2F3N4O2/c1-13(2,3)24-11-8(5-7(16)10(17)23-11)21-12(24)22-9(25)6-14(4,26)15(18,19)20/h5,26H,6H2,1-4H3,(H,21,22,25). The molecule has 11 heteroatoms. The molecule has 0 saturated heterocycles. The van der Waals surface area contributed by atoms with Crippen molar-refractivity contribution in [1.29, 1.82) is 0 Å². The van der Waals surface area contributed by atoms with Crippen LogP contribution in [0.25, 0.3) is 11.2 Å². The number of carbonyl (C=O) groups is 1. The predicted molar refractivity (Wildman–Crippen MR) is 92.5 cm³/mol. The van der Waals surface area contributed by atoms with Crippen molar-refractivity contribution in [2.75, 3.05) is 5.32 Å². The monoisotopic (exact) mass is 412 g/mol. The molecule has 26 heavy (non-hydrogen) atoms. The molecule has 1 atom stereocenters. The summed E-state index contributed by atoms with van der Waals surface area (Å²) in [6.07, 6.45) is -6.13. The van der Waals surface area contributed by atoms with Crippen molar-refractivity contribution < 1.29 is 23.1 Å². The van der Waals surface area contributed by atoms with Crippen LogP contribution in [0.1, 0.15) is 34.1 Å². The highest BCUT2D eigenvalue weighted by Gasteiger charge is 2.51. The fourth-order valence-electron chi connectivity index (χ4n) is 2.26. The Morgan fingerprint density at radius 3 is 2.31 bits per heavy atom. The molecule has 0 spiro atoms. The molecular formula is C15H17Cl2F3N4O2. The normalized spacial score (nSPS) is 15.2. The first-order valence-electron chi connectivity index (χ1n) is 7.47. The maximum Gasteiger partial charge on any atom is 0.417 e. The number of aromatic nitrogens is 3. The van der Waals surface area contributed by atoms with Crippen LogP contribution in [0, 0.1) is 0 Å². The lowest BCUT2D eigenvalue weighted by Crippen LogP contribution is -2.45. The zero-order chi connectivity index (χ0) is 20.1. The van der Waals surface area contributed by atoms with E-state index in [0.717, 1.165) is 0 Å². The third-order valence-corrected chi connectivity index (χ3v) is 4.25. The first-order valence-corrected chi connectivity index (χ1v) is 8.23. The second-order valence-electron chi connectivity index (χ2n) is 7.04. The fourth-order valence-corrected chi connectivity index (χ4v) is 2.54. The Bertz CT molecular complexity index is 857. The summed E-state index contributed by atoms with van der Waals surface area (Å²) in [5.74, 6) is -1.08. The van der Waals surface area contributed by atoms with Crippen LogP contribution in [-0.4, -0.2) is 37.3 Å². The number of rotatable bonds is 3. The Kier molecular flexibility index (Phi) is 5.22. The third-order valence-electron chi connectivity index (χ3n) is 3.58. The van der Waals surface area contributed by atoms with E-state index in [1.807, 2.05) is 0 Å². The SMILES string of the molecule is CC(C)(C)n1c(NC(=O)CC(C)(O)C(F)(F)F)nc2cc(Cl)c(Cl)nc21. The minimum Gasteiger partial charge on any atom is -0.380 e. The minimum absolute atomic E-state index is 0.0266. The van der Waals surface area contributed by atoms with Crippen LogP contribution in [0.4, 0.5) is 19.1 Å². The first kappa shape index (κ1) is 20.7. The molecule has 2 N–H and O–H groups in total. The first-order chi connectivity index (χ1) is 11.6. The van der Waals surface area contributed by atoms with Gasteiger partial charge in [-0.05, 0) is 33.8 Å². The largest absolute Gasteiger partial charge is 0.417 e. The van der Waals surface area contributed by atoms with E-state index in [1.54, 1.807) is 20.8 Å². The zero-order valence-corrected chi connectivity index (χ0v) is 15.9. The summed E-state index contributed by atoms with van der Waals surface area (Å²) < 4.78 is 39.8. The van der Waals surface area contributed by atoms with Gasteiger partial charge in [0.25, 0.3) is 0 Å². The van der Waals surface area contributed by atoms with E-state index in [1.165, 1.54) is 10.6 Å². The molecule has 144 valence electrons. The van der Waals surface area contributed by atoms with Crippen molar-refractivity contribution in [3.8, 4) is 0 Å². The molecule has 0 aliphatic heterocycles. The number of imidazole rings is 1. The van der Waals surface area contributed by atoms with Crippen LogP contribution in [0.15, 0.2) is 6.07 Å². The molecule has 0 fully saturated rings. The van der Waals surface area contributed by atoms with Crippen LogP contribution in [-0.2, 0) is 10.3 Å². The van der Waals surface area contributed by atoms with E-state index in [9.17, 15) is 23.1 Å². The minimum atomic E-state index is -4.95. The van der Waals surface area contributed by atoms with Gasteiger partial charge in [0.05, 0.1) is 11.4 Å². The number of nitrogens with one attached hydrogen (secondary N) is 1. The summed E-state index contributed by atoms with van der Waals surface area (Å²) in [6.45, 7) is 5.90. The Labute approximate surface area is 157 Å². The number of fused-ring (bicyclic) bond motifs is 1. The zero-order valence-electron chi connectivity index (χ0n) is 14.4. The van der Waals surface area contributed by atoms with Gasteiger partial charge in [-0.25, -0.2) is 9.97 Å². The predicted octanol–water partition coefficient (Wildman–Crippen LogP) is 4.14. The number of pyridine rings is 1. The van der Waals surface area contributed by atoms with Gasteiger partial charge in [0.1, 0.15) is 10.7 Å². The van der Waals surface area contributed by atoms with E-state index < -0.39 is 29.6 Å². The van der Waals surface area contributed by atoms with E-state index in [2.05, 4.69) is 15.3 Å². The molecule has 1 amide bonds. The topological polar surface area (TPSA) is 80.0 Å². The molecular weight excluding hydrogens is 396 g/mol. The molecule has 0 radical (unpaired) electrons. The van der Waals surface area contributed by atoms with Gasteiger partial charge in [-0.3, -0.25) is 14.7 Å². The average Bonchev–Trinajstić information content (AvgIpc) is 2.73. The van der Waals surface area contributed by atoms with Crippen molar-refractivity contribution in [3.63, 3.8) is 0 Å². The second kappa shape index (κ2) is 6.54. The van der Waals surface area contributed by atoms with Crippen LogP contribution >= 0.6 is 23.2 Å². The van der Waals surface area contributed by atoms with Crippen molar-refractivity contribution in [2.24, 2.45) is 0 Å². The van der Waals surface area contributed by atoms with Gasteiger partial charge in [-0.1, -0.05) is 23.2 Å². The van der Waals surface area contributed by atoms with Gasteiger partial charge in [-0.2, -0.15) is 13.2 Å². The van der Waals surface area contributed by atoms with E-state index >= 15 is 0 Å². The molecule has 2 aromatic rings. The van der Waals surface area contributed by atoms with Crippen LogP contribution in [0.3, 0.4) is 0 Å². The molecule has 6 nitrogen and oxygen atoms in total. The third kappa shape index (κ3) is 4.05. The highest BCUT2D eigenvalue weighted by molar-refractivity contribution is 6.41. The van der Waals surface area contributed by atoms with Gasteiger partial charge in [0.15, 0.2) is 11.2 Å².